The average Bonchev–Trinajstić information content (AvgIpc) is 2.57. The van der Waals surface area contributed by atoms with E-state index in [1.807, 2.05) is 7.05 Å². The van der Waals surface area contributed by atoms with Crippen molar-refractivity contribution >= 4 is 5.91 Å². The summed E-state index contributed by atoms with van der Waals surface area (Å²) in [4.78, 5) is 11.3. The van der Waals surface area contributed by atoms with E-state index >= 15 is 0 Å². The smallest absolute Gasteiger partial charge is 0.222 e. The monoisotopic (exact) mass is 186 g/mol. The Morgan fingerprint density at radius 2 is 2.38 bits per heavy atom. The number of hydrogen-bond donors (Lipinski definition) is 2. The Balaban J connectivity index is 2.02. The number of hydrogen-bond acceptors (Lipinski definition) is 3. The van der Waals surface area contributed by atoms with Crippen molar-refractivity contribution in [1.82, 2.24) is 10.6 Å². The van der Waals surface area contributed by atoms with Crippen molar-refractivity contribution in [1.29, 1.82) is 0 Å². The van der Waals surface area contributed by atoms with Crippen LogP contribution < -0.4 is 10.6 Å². The zero-order valence-electron chi connectivity index (χ0n) is 8.14. The molecule has 1 aliphatic heterocycles. The fraction of sp³-hybridized carbons (Fsp3) is 0.889. The normalized spacial score (nSPS) is 21.8. The minimum Gasteiger partial charge on any atom is -0.378 e. The molecule has 0 aromatic rings. The van der Waals surface area contributed by atoms with E-state index in [1.165, 1.54) is 0 Å². The predicted octanol–water partition coefficient (Wildman–Crippen LogP) is -0.109. The van der Waals surface area contributed by atoms with Crippen LogP contribution >= 0.6 is 0 Å². The molecule has 1 fully saturated rings. The molecule has 0 aromatic heterocycles. The number of likely N-dealkylation sites (N-methyl/N-ethyl adjacent to an activating group) is 1. The SMILES string of the molecule is CNCCNC(=O)CC1CCCO1. The summed E-state index contributed by atoms with van der Waals surface area (Å²) in [6.45, 7) is 2.33. The largest absolute Gasteiger partial charge is 0.378 e. The summed E-state index contributed by atoms with van der Waals surface area (Å²) in [6, 6.07) is 0. The lowest BCUT2D eigenvalue weighted by Gasteiger charge is -2.09. The first-order valence-electron chi connectivity index (χ1n) is 4.86. The Labute approximate surface area is 79.0 Å². The molecule has 0 aliphatic carbocycles. The van der Waals surface area contributed by atoms with Gasteiger partial charge in [0.15, 0.2) is 0 Å². The number of carbonyl (C=O) groups excluding carboxylic acids is 1. The van der Waals surface area contributed by atoms with Crippen molar-refractivity contribution in [2.24, 2.45) is 0 Å². The second-order valence-corrected chi connectivity index (χ2v) is 3.29. The Morgan fingerprint density at radius 1 is 1.54 bits per heavy atom. The van der Waals surface area contributed by atoms with Crippen LogP contribution in [0.5, 0.6) is 0 Å². The second kappa shape index (κ2) is 5.94. The first-order chi connectivity index (χ1) is 6.33. The van der Waals surface area contributed by atoms with E-state index in [0.717, 1.165) is 26.0 Å². The van der Waals surface area contributed by atoms with Crippen LogP contribution in [-0.2, 0) is 9.53 Å². The molecule has 1 unspecified atom stereocenters. The molecule has 2 N–H and O–H groups in total. The average molecular weight is 186 g/mol. The van der Waals surface area contributed by atoms with Crippen LogP contribution in [-0.4, -0.2) is 38.8 Å². The Bertz CT molecular complexity index is 156. The lowest BCUT2D eigenvalue weighted by atomic mass is 10.2. The molecular weight excluding hydrogens is 168 g/mol. The summed E-state index contributed by atoms with van der Waals surface area (Å²) >= 11 is 0. The topological polar surface area (TPSA) is 50.4 Å². The van der Waals surface area contributed by atoms with Gasteiger partial charge in [-0.3, -0.25) is 4.79 Å². The Hall–Kier alpha value is -0.610. The molecule has 1 amide bonds. The first kappa shape index (κ1) is 10.5. The number of nitrogens with one attached hydrogen (secondary N) is 2. The van der Waals surface area contributed by atoms with Gasteiger partial charge in [-0.2, -0.15) is 0 Å². The highest BCUT2D eigenvalue weighted by molar-refractivity contribution is 5.76. The highest BCUT2D eigenvalue weighted by Crippen LogP contribution is 2.14. The fourth-order valence-corrected chi connectivity index (χ4v) is 1.41. The van der Waals surface area contributed by atoms with Crippen molar-refractivity contribution < 1.29 is 9.53 Å². The zero-order valence-corrected chi connectivity index (χ0v) is 8.14. The van der Waals surface area contributed by atoms with Crippen LogP contribution in [0.15, 0.2) is 0 Å². The van der Waals surface area contributed by atoms with Gasteiger partial charge < -0.3 is 15.4 Å². The molecule has 0 spiro atoms. The molecule has 4 heteroatoms. The van der Waals surface area contributed by atoms with Crippen LogP contribution in [0.3, 0.4) is 0 Å². The molecule has 76 valence electrons. The van der Waals surface area contributed by atoms with E-state index in [0.29, 0.717) is 13.0 Å². The third kappa shape index (κ3) is 4.24. The number of ether oxygens (including phenoxy) is 1. The molecule has 0 aromatic carbocycles. The lowest BCUT2D eigenvalue weighted by molar-refractivity contribution is -0.123. The molecule has 1 aliphatic rings. The van der Waals surface area contributed by atoms with Crippen LogP contribution in [0.4, 0.5) is 0 Å². The van der Waals surface area contributed by atoms with Gasteiger partial charge in [0.05, 0.1) is 12.5 Å². The number of carbonyl (C=O) groups is 1. The molecule has 0 bridgehead atoms. The maximum absolute atomic E-state index is 11.3. The molecule has 13 heavy (non-hydrogen) atoms. The number of rotatable bonds is 5. The van der Waals surface area contributed by atoms with Crippen molar-refractivity contribution in [3.63, 3.8) is 0 Å². The van der Waals surface area contributed by atoms with Crippen LogP contribution in [0, 0.1) is 0 Å². The van der Waals surface area contributed by atoms with Gasteiger partial charge in [-0.1, -0.05) is 0 Å². The fourth-order valence-electron chi connectivity index (χ4n) is 1.41. The van der Waals surface area contributed by atoms with Gasteiger partial charge >= 0.3 is 0 Å². The predicted molar refractivity (Wildman–Crippen MR) is 50.5 cm³/mol. The third-order valence-corrected chi connectivity index (χ3v) is 2.13. The van der Waals surface area contributed by atoms with Crippen molar-refractivity contribution in [3.8, 4) is 0 Å². The molecular formula is C9H18N2O2. The summed E-state index contributed by atoms with van der Waals surface area (Å²) in [5.74, 6) is 0.0992. The van der Waals surface area contributed by atoms with Gasteiger partial charge in [-0.15, -0.1) is 0 Å². The summed E-state index contributed by atoms with van der Waals surface area (Å²) in [6.07, 6.45) is 2.80. The maximum Gasteiger partial charge on any atom is 0.222 e. The second-order valence-electron chi connectivity index (χ2n) is 3.29. The molecule has 4 nitrogen and oxygen atoms in total. The first-order valence-corrected chi connectivity index (χ1v) is 4.86. The lowest BCUT2D eigenvalue weighted by Crippen LogP contribution is -2.32. The van der Waals surface area contributed by atoms with E-state index in [2.05, 4.69) is 10.6 Å². The summed E-state index contributed by atoms with van der Waals surface area (Å²) < 4.78 is 5.35. The van der Waals surface area contributed by atoms with Crippen LogP contribution in [0.25, 0.3) is 0 Å². The van der Waals surface area contributed by atoms with E-state index in [4.69, 9.17) is 4.74 Å². The van der Waals surface area contributed by atoms with Gasteiger partial charge in [-0.25, -0.2) is 0 Å². The molecule has 1 heterocycles. The van der Waals surface area contributed by atoms with Gasteiger partial charge in [0.25, 0.3) is 0 Å². The summed E-state index contributed by atoms with van der Waals surface area (Å²) in [5, 5.41) is 5.80. The standard InChI is InChI=1S/C9H18N2O2/c1-10-4-5-11-9(12)7-8-3-2-6-13-8/h8,10H,2-7H2,1H3,(H,11,12). The molecule has 0 radical (unpaired) electrons. The molecule has 1 atom stereocenters. The summed E-state index contributed by atoms with van der Waals surface area (Å²) in [5.41, 5.74) is 0. The molecule has 1 rings (SSSR count). The molecule has 1 saturated heterocycles. The van der Waals surface area contributed by atoms with Crippen molar-refractivity contribution in [3.05, 3.63) is 0 Å². The van der Waals surface area contributed by atoms with Gasteiger partial charge in [0, 0.05) is 19.7 Å². The quantitative estimate of drug-likeness (QED) is 0.589. The van der Waals surface area contributed by atoms with E-state index in [1.54, 1.807) is 0 Å². The van der Waals surface area contributed by atoms with E-state index < -0.39 is 0 Å². The van der Waals surface area contributed by atoms with Gasteiger partial charge in [0.2, 0.25) is 5.91 Å². The van der Waals surface area contributed by atoms with E-state index in [9.17, 15) is 4.79 Å². The Morgan fingerprint density at radius 3 is 3.00 bits per heavy atom. The summed E-state index contributed by atoms with van der Waals surface area (Å²) in [7, 11) is 1.87. The van der Waals surface area contributed by atoms with Gasteiger partial charge in [0.1, 0.15) is 0 Å². The van der Waals surface area contributed by atoms with E-state index in [-0.39, 0.29) is 12.0 Å². The van der Waals surface area contributed by atoms with Crippen molar-refractivity contribution in [2.45, 2.75) is 25.4 Å². The number of amides is 1. The Kier molecular flexibility index (Phi) is 4.78. The third-order valence-electron chi connectivity index (χ3n) is 2.13. The van der Waals surface area contributed by atoms with Crippen LogP contribution in [0.2, 0.25) is 0 Å². The highest BCUT2D eigenvalue weighted by Gasteiger charge is 2.18. The van der Waals surface area contributed by atoms with Crippen molar-refractivity contribution in [2.75, 3.05) is 26.7 Å². The van der Waals surface area contributed by atoms with Crippen LogP contribution in [0.1, 0.15) is 19.3 Å². The highest BCUT2D eigenvalue weighted by atomic mass is 16.5. The maximum atomic E-state index is 11.3. The van der Waals surface area contributed by atoms with Gasteiger partial charge in [-0.05, 0) is 19.9 Å². The zero-order chi connectivity index (χ0) is 9.52. The minimum atomic E-state index is 0.0992. The minimum absolute atomic E-state index is 0.0992. The molecule has 0 saturated carbocycles.